The number of amides is 1. The minimum atomic E-state index is -3.19. The number of hydrogen-bond donors (Lipinski definition) is 1. The Bertz CT molecular complexity index is 389. The largest absolute Gasteiger partial charge is 0.355 e. The second-order valence-corrected chi connectivity index (χ2v) is 7.75. The molecule has 0 atom stereocenters. The summed E-state index contributed by atoms with van der Waals surface area (Å²) in [4.78, 5) is 11.6. The van der Waals surface area contributed by atoms with Gasteiger partial charge in [0.05, 0.1) is 6.26 Å². The van der Waals surface area contributed by atoms with E-state index in [-0.39, 0.29) is 11.8 Å². The third-order valence-corrected chi connectivity index (χ3v) is 4.86. The molecular weight excluding hydrogens is 264 g/mol. The number of hydrogen-bond acceptors (Lipinski definition) is 3. The number of carbonyl (C=O) groups is 1. The van der Waals surface area contributed by atoms with Crippen molar-refractivity contribution in [1.29, 1.82) is 0 Å². The maximum Gasteiger partial charge on any atom is 0.223 e. The lowest BCUT2D eigenvalue weighted by atomic mass is 9.85. The summed E-state index contributed by atoms with van der Waals surface area (Å²) in [5.74, 6) is 0.694. The van der Waals surface area contributed by atoms with Crippen LogP contribution >= 0.6 is 0 Å². The molecule has 0 spiro atoms. The number of nitrogens with one attached hydrogen (secondary N) is 1. The van der Waals surface area contributed by atoms with Crippen molar-refractivity contribution in [3.8, 4) is 0 Å². The molecule has 19 heavy (non-hydrogen) atoms. The molecule has 0 aromatic carbocycles. The van der Waals surface area contributed by atoms with Gasteiger partial charge < -0.3 is 5.32 Å². The Balaban J connectivity index is 2.33. The molecular formula is C13H26N2O3S. The Labute approximate surface area is 116 Å². The van der Waals surface area contributed by atoms with Crippen molar-refractivity contribution in [2.45, 2.75) is 39.5 Å². The van der Waals surface area contributed by atoms with Crippen LogP contribution in [0.15, 0.2) is 0 Å². The van der Waals surface area contributed by atoms with E-state index in [2.05, 4.69) is 19.2 Å². The van der Waals surface area contributed by atoms with E-state index in [9.17, 15) is 13.2 Å². The van der Waals surface area contributed by atoms with Gasteiger partial charge in [0.25, 0.3) is 0 Å². The van der Waals surface area contributed by atoms with E-state index in [1.54, 1.807) is 0 Å². The highest BCUT2D eigenvalue weighted by Gasteiger charge is 2.25. The molecule has 1 N–H and O–H groups in total. The third kappa shape index (κ3) is 5.91. The zero-order chi connectivity index (χ0) is 14.5. The Kier molecular flexibility index (Phi) is 6.26. The van der Waals surface area contributed by atoms with Gasteiger partial charge in [-0.1, -0.05) is 20.3 Å². The Morgan fingerprint density at radius 3 is 2.37 bits per heavy atom. The van der Waals surface area contributed by atoms with Crippen molar-refractivity contribution >= 4 is 15.9 Å². The van der Waals surface area contributed by atoms with Gasteiger partial charge in [-0.3, -0.25) is 4.79 Å². The second-order valence-electron chi connectivity index (χ2n) is 5.76. The monoisotopic (exact) mass is 290 g/mol. The van der Waals surface area contributed by atoms with Crippen LogP contribution in [0.3, 0.4) is 0 Å². The molecule has 0 bridgehead atoms. The summed E-state index contributed by atoms with van der Waals surface area (Å²) >= 11 is 0. The molecule has 1 amide bonds. The predicted octanol–water partition coefficient (Wildman–Crippen LogP) is 1.21. The maximum atomic E-state index is 11.6. The highest BCUT2D eigenvalue weighted by molar-refractivity contribution is 7.88. The minimum absolute atomic E-state index is 0.0727. The summed E-state index contributed by atoms with van der Waals surface area (Å²) in [6, 6.07) is 0. The predicted molar refractivity (Wildman–Crippen MR) is 76.2 cm³/mol. The normalized spacial score (nSPS) is 16.7. The van der Waals surface area contributed by atoms with Crippen molar-refractivity contribution in [3.63, 3.8) is 0 Å². The first-order valence-corrected chi connectivity index (χ1v) is 8.88. The summed E-state index contributed by atoms with van der Waals surface area (Å²) in [5.41, 5.74) is 0. The zero-order valence-electron chi connectivity index (χ0n) is 12.2. The van der Waals surface area contributed by atoms with Gasteiger partial charge >= 0.3 is 0 Å². The first-order valence-electron chi connectivity index (χ1n) is 7.03. The van der Waals surface area contributed by atoms with Gasteiger partial charge in [0.2, 0.25) is 15.9 Å². The Morgan fingerprint density at radius 2 is 1.95 bits per heavy atom. The standard InChI is InChI=1S/C13H26N2O3S/c1-11(2)7-9-15(19(3,17)18)10-8-14-13(16)12-5-4-6-12/h11-12H,4-10H2,1-3H3,(H,14,16). The number of sulfonamides is 1. The molecule has 112 valence electrons. The quantitative estimate of drug-likeness (QED) is 0.730. The van der Waals surface area contributed by atoms with E-state index >= 15 is 0 Å². The van der Waals surface area contributed by atoms with Crippen LogP contribution in [0, 0.1) is 11.8 Å². The van der Waals surface area contributed by atoms with E-state index in [1.807, 2.05) is 0 Å². The molecule has 1 aliphatic carbocycles. The van der Waals surface area contributed by atoms with Gasteiger partial charge in [0.15, 0.2) is 0 Å². The van der Waals surface area contributed by atoms with Gasteiger partial charge in [0.1, 0.15) is 0 Å². The summed E-state index contributed by atoms with van der Waals surface area (Å²) in [7, 11) is -3.19. The van der Waals surface area contributed by atoms with Crippen molar-refractivity contribution in [1.82, 2.24) is 9.62 Å². The molecule has 0 saturated heterocycles. The molecule has 0 heterocycles. The Morgan fingerprint density at radius 1 is 1.32 bits per heavy atom. The highest BCUT2D eigenvalue weighted by Crippen LogP contribution is 2.25. The minimum Gasteiger partial charge on any atom is -0.355 e. The SMILES string of the molecule is CC(C)CCN(CCNC(=O)C1CCC1)S(C)(=O)=O. The highest BCUT2D eigenvalue weighted by atomic mass is 32.2. The number of carbonyl (C=O) groups excluding carboxylic acids is 1. The smallest absolute Gasteiger partial charge is 0.223 e. The molecule has 1 fully saturated rings. The van der Waals surface area contributed by atoms with E-state index in [0.29, 0.717) is 25.6 Å². The lowest BCUT2D eigenvalue weighted by Gasteiger charge is -2.25. The first-order chi connectivity index (χ1) is 8.80. The van der Waals surface area contributed by atoms with Crippen molar-refractivity contribution in [3.05, 3.63) is 0 Å². The molecule has 0 aromatic rings. The zero-order valence-corrected chi connectivity index (χ0v) is 13.0. The Hall–Kier alpha value is -0.620. The molecule has 1 aliphatic rings. The lowest BCUT2D eigenvalue weighted by molar-refractivity contribution is -0.127. The second kappa shape index (κ2) is 7.24. The van der Waals surface area contributed by atoms with Crippen LogP contribution in [0.4, 0.5) is 0 Å². The van der Waals surface area contributed by atoms with E-state index in [0.717, 1.165) is 25.7 Å². The molecule has 0 aliphatic heterocycles. The van der Waals surface area contributed by atoms with Crippen LogP contribution in [0.5, 0.6) is 0 Å². The van der Waals surface area contributed by atoms with E-state index in [4.69, 9.17) is 0 Å². The van der Waals surface area contributed by atoms with Crippen LogP contribution in [0.25, 0.3) is 0 Å². The number of rotatable bonds is 8. The van der Waals surface area contributed by atoms with Gasteiger partial charge in [-0.15, -0.1) is 0 Å². The third-order valence-electron chi connectivity index (χ3n) is 3.56. The van der Waals surface area contributed by atoms with Crippen molar-refractivity contribution in [2.24, 2.45) is 11.8 Å². The van der Waals surface area contributed by atoms with Crippen LogP contribution in [0.1, 0.15) is 39.5 Å². The molecule has 5 nitrogen and oxygen atoms in total. The summed E-state index contributed by atoms with van der Waals surface area (Å²) < 4.78 is 24.7. The lowest BCUT2D eigenvalue weighted by Crippen LogP contribution is -2.41. The molecule has 0 radical (unpaired) electrons. The fraction of sp³-hybridized carbons (Fsp3) is 0.923. The molecule has 6 heteroatoms. The van der Waals surface area contributed by atoms with Gasteiger partial charge in [0, 0.05) is 25.6 Å². The molecule has 1 rings (SSSR count). The van der Waals surface area contributed by atoms with Crippen molar-refractivity contribution < 1.29 is 13.2 Å². The fourth-order valence-corrected chi connectivity index (χ4v) is 2.82. The maximum absolute atomic E-state index is 11.6. The van der Waals surface area contributed by atoms with Crippen LogP contribution in [-0.2, 0) is 14.8 Å². The summed E-state index contributed by atoms with van der Waals surface area (Å²) in [6.07, 6.45) is 5.12. The average Bonchev–Trinajstić information content (AvgIpc) is 2.18. The van der Waals surface area contributed by atoms with Crippen LogP contribution in [-0.4, -0.2) is 44.5 Å². The summed E-state index contributed by atoms with van der Waals surface area (Å²) in [5, 5.41) is 2.83. The van der Waals surface area contributed by atoms with Gasteiger partial charge in [-0.2, -0.15) is 0 Å². The van der Waals surface area contributed by atoms with Crippen molar-refractivity contribution in [2.75, 3.05) is 25.9 Å². The fourth-order valence-electron chi connectivity index (χ4n) is 1.96. The topological polar surface area (TPSA) is 66.5 Å². The van der Waals surface area contributed by atoms with E-state index in [1.165, 1.54) is 10.6 Å². The van der Waals surface area contributed by atoms with E-state index < -0.39 is 10.0 Å². The molecule has 1 saturated carbocycles. The average molecular weight is 290 g/mol. The van der Waals surface area contributed by atoms with Gasteiger partial charge in [-0.05, 0) is 25.2 Å². The van der Waals surface area contributed by atoms with Gasteiger partial charge in [-0.25, -0.2) is 12.7 Å². The van der Waals surface area contributed by atoms with Crippen LogP contribution in [0.2, 0.25) is 0 Å². The van der Waals surface area contributed by atoms with Crippen LogP contribution < -0.4 is 5.32 Å². The molecule has 0 aromatic heterocycles. The molecule has 0 unspecified atom stereocenters. The first kappa shape index (κ1) is 16.4. The number of nitrogens with zero attached hydrogens (tertiary/aromatic N) is 1. The summed E-state index contributed by atoms with van der Waals surface area (Å²) in [6.45, 7) is 5.43.